The molecule has 0 amide bonds. The van der Waals surface area contributed by atoms with Crippen LogP contribution < -0.4 is 0 Å². The van der Waals surface area contributed by atoms with Gasteiger partial charge < -0.3 is 0 Å². The Labute approximate surface area is 149 Å². The van der Waals surface area contributed by atoms with E-state index in [-0.39, 0.29) is 0 Å². The third kappa shape index (κ3) is 5.10. The van der Waals surface area contributed by atoms with Crippen molar-refractivity contribution in [1.29, 1.82) is 0 Å². The van der Waals surface area contributed by atoms with Crippen LogP contribution >= 0.6 is 0 Å². The highest BCUT2D eigenvalue weighted by Gasteiger charge is 2.29. The molecule has 24 heavy (non-hydrogen) atoms. The molecule has 0 saturated heterocycles. The predicted octanol–water partition coefficient (Wildman–Crippen LogP) is 6.97. The molecule has 2 aliphatic rings. The lowest BCUT2D eigenvalue weighted by molar-refractivity contribution is 0.156. The van der Waals surface area contributed by atoms with Gasteiger partial charge in [0.25, 0.3) is 0 Å². The van der Waals surface area contributed by atoms with E-state index in [2.05, 4.69) is 55.1 Å². The van der Waals surface area contributed by atoms with E-state index in [0.717, 1.165) is 30.1 Å². The lowest BCUT2D eigenvalue weighted by atomic mass is 9.69. The number of hydrogen-bond donors (Lipinski definition) is 0. The molecule has 0 heterocycles. The predicted molar refractivity (Wildman–Crippen MR) is 105 cm³/mol. The van der Waals surface area contributed by atoms with Crippen LogP contribution in [-0.4, -0.2) is 0 Å². The zero-order valence-corrected chi connectivity index (χ0v) is 15.2. The van der Waals surface area contributed by atoms with Gasteiger partial charge in [-0.2, -0.15) is 0 Å². The summed E-state index contributed by atoms with van der Waals surface area (Å²) in [5.41, 5.74) is 1.43. The van der Waals surface area contributed by atoms with Crippen LogP contribution in [0.4, 0.5) is 0 Å². The molecular weight excluding hydrogens is 288 g/mol. The summed E-state index contributed by atoms with van der Waals surface area (Å²) < 4.78 is 0. The Morgan fingerprint density at radius 1 is 0.833 bits per heavy atom. The van der Waals surface area contributed by atoms with Crippen LogP contribution in [-0.2, 0) is 6.42 Å². The Balaban J connectivity index is 1.37. The van der Waals surface area contributed by atoms with E-state index in [0.29, 0.717) is 0 Å². The van der Waals surface area contributed by atoms with Gasteiger partial charge in [0, 0.05) is 0 Å². The number of rotatable bonds is 6. The van der Waals surface area contributed by atoms with Crippen molar-refractivity contribution in [3.8, 4) is 0 Å². The minimum Gasteiger partial charge on any atom is -0.103 e. The van der Waals surface area contributed by atoms with Gasteiger partial charge in [-0.15, -0.1) is 6.58 Å². The van der Waals surface area contributed by atoms with Crippen molar-refractivity contribution >= 4 is 0 Å². The van der Waals surface area contributed by atoms with Gasteiger partial charge in [0.05, 0.1) is 0 Å². The largest absolute Gasteiger partial charge is 0.103 e. The van der Waals surface area contributed by atoms with Crippen molar-refractivity contribution in [2.45, 2.75) is 64.2 Å². The number of allylic oxidation sites excluding steroid dienone is 3. The van der Waals surface area contributed by atoms with Crippen molar-refractivity contribution in [3.05, 3.63) is 60.7 Å². The second-order valence-electron chi connectivity index (χ2n) is 8.10. The maximum absolute atomic E-state index is 3.91. The van der Waals surface area contributed by atoms with Gasteiger partial charge in [-0.3, -0.25) is 0 Å². The summed E-state index contributed by atoms with van der Waals surface area (Å²) in [6.45, 7) is 3.91. The molecule has 2 fully saturated rings. The average Bonchev–Trinajstić information content (AvgIpc) is 2.64. The molecule has 0 N–H and O–H groups in total. The lowest BCUT2D eigenvalue weighted by Crippen LogP contribution is -2.25. The second-order valence-corrected chi connectivity index (χ2v) is 8.10. The smallest absolute Gasteiger partial charge is 0.00974 e. The van der Waals surface area contributed by atoms with E-state index in [1.807, 2.05) is 0 Å². The van der Waals surface area contributed by atoms with E-state index >= 15 is 0 Å². The van der Waals surface area contributed by atoms with Gasteiger partial charge in [0.1, 0.15) is 0 Å². The standard InChI is InChI=1S/C24H34/c1-2-7-20-12-16-23(17-13-20)24-18-14-22(15-19-24)11-6-10-21-8-4-3-5-9-21/h2-6,8-9,11,20,22-24H,1,7,10,12-19H2. The molecule has 3 rings (SSSR count). The minimum absolute atomic E-state index is 0.835. The van der Waals surface area contributed by atoms with Crippen molar-refractivity contribution in [2.24, 2.45) is 23.7 Å². The van der Waals surface area contributed by atoms with E-state index in [1.165, 1.54) is 63.4 Å². The SMILES string of the molecule is C=CCC1CCC(C2CCC(C=CCc3ccccc3)CC2)CC1. The third-order valence-electron chi connectivity index (χ3n) is 6.48. The summed E-state index contributed by atoms with van der Waals surface area (Å²) in [5, 5.41) is 0. The average molecular weight is 323 g/mol. The quantitative estimate of drug-likeness (QED) is 0.496. The molecule has 0 nitrogen and oxygen atoms in total. The highest BCUT2D eigenvalue weighted by atomic mass is 14.3. The molecule has 2 aliphatic carbocycles. The zero-order chi connectivity index (χ0) is 16.6. The Morgan fingerprint density at radius 2 is 1.46 bits per heavy atom. The zero-order valence-electron chi connectivity index (χ0n) is 15.2. The van der Waals surface area contributed by atoms with Crippen molar-refractivity contribution < 1.29 is 0 Å². The van der Waals surface area contributed by atoms with Gasteiger partial charge in [0.15, 0.2) is 0 Å². The number of benzene rings is 1. The van der Waals surface area contributed by atoms with Crippen LogP contribution in [0.3, 0.4) is 0 Å². The maximum Gasteiger partial charge on any atom is -0.00974 e. The normalized spacial score (nSPS) is 31.2. The Kier molecular flexibility index (Phi) is 6.75. The van der Waals surface area contributed by atoms with E-state index in [4.69, 9.17) is 0 Å². The summed E-state index contributed by atoms with van der Waals surface area (Å²) in [5.74, 6) is 3.83. The van der Waals surface area contributed by atoms with E-state index in [1.54, 1.807) is 0 Å². The second kappa shape index (κ2) is 9.25. The number of hydrogen-bond acceptors (Lipinski definition) is 0. The van der Waals surface area contributed by atoms with Gasteiger partial charge in [-0.05, 0) is 93.4 Å². The van der Waals surface area contributed by atoms with E-state index < -0.39 is 0 Å². The van der Waals surface area contributed by atoms with Gasteiger partial charge in [-0.1, -0.05) is 48.6 Å². The van der Waals surface area contributed by atoms with Crippen LogP contribution in [0, 0.1) is 23.7 Å². The van der Waals surface area contributed by atoms with Crippen molar-refractivity contribution in [3.63, 3.8) is 0 Å². The monoisotopic (exact) mass is 322 g/mol. The van der Waals surface area contributed by atoms with Crippen molar-refractivity contribution in [1.82, 2.24) is 0 Å². The molecule has 0 unspecified atom stereocenters. The van der Waals surface area contributed by atoms with E-state index in [9.17, 15) is 0 Å². The molecular formula is C24H34. The fraction of sp³-hybridized carbons (Fsp3) is 0.583. The van der Waals surface area contributed by atoms with Gasteiger partial charge >= 0.3 is 0 Å². The first-order valence-corrected chi connectivity index (χ1v) is 10.2. The summed E-state index contributed by atoms with van der Waals surface area (Å²) >= 11 is 0. The third-order valence-corrected chi connectivity index (χ3v) is 6.48. The highest BCUT2D eigenvalue weighted by molar-refractivity contribution is 5.17. The Morgan fingerprint density at radius 3 is 2.08 bits per heavy atom. The Hall–Kier alpha value is -1.30. The van der Waals surface area contributed by atoms with Crippen LogP contribution in [0.25, 0.3) is 0 Å². The maximum atomic E-state index is 3.91. The molecule has 130 valence electrons. The first-order chi connectivity index (χ1) is 11.8. The molecule has 0 atom stereocenters. The van der Waals surface area contributed by atoms with Gasteiger partial charge in [-0.25, -0.2) is 0 Å². The van der Waals surface area contributed by atoms with Crippen LogP contribution in [0.2, 0.25) is 0 Å². The molecule has 0 bridgehead atoms. The topological polar surface area (TPSA) is 0 Å². The molecule has 0 aliphatic heterocycles. The summed E-state index contributed by atoms with van der Waals surface area (Å²) in [6, 6.07) is 10.8. The molecule has 0 heteroatoms. The summed E-state index contributed by atoms with van der Waals surface area (Å²) in [7, 11) is 0. The van der Waals surface area contributed by atoms with Crippen LogP contribution in [0.15, 0.2) is 55.1 Å². The lowest BCUT2D eigenvalue weighted by Gasteiger charge is -2.37. The fourth-order valence-electron chi connectivity index (χ4n) is 4.95. The first-order valence-electron chi connectivity index (χ1n) is 10.2. The van der Waals surface area contributed by atoms with Crippen molar-refractivity contribution in [2.75, 3.05) is 0 Å². The van der Waals surface area contributed by atoms with Gasteiger partial charge in [0.2, 0.25) is 0 Å². The summed E-state index contributed by atoms with van der Waals surface area (Å²) in [6.07, 6.45) is 21.0. The van der Waals surface area contributed by atoms with Crippen LogP contribution in [0.5, 0.6) is 0 Å². The molecule has 1 aromatic rings. The molecule has 0 radical (unpaired) electrons. The molecule has 0 spiro atoms. The summed E-state index contributed by atoms with van der Waals surface area (Å²) in [4.78, 5) is 0. The minimum atomic E-state index is 0.835. The molecule has 1 aromatic carbocycles. The highest BCUT2D eigenvalue weighted by Crippen LogP contribution is 2.42. The Bertz CT molecular complexity index is 496. The molecule has 2 saturated carbocycles. The molecule has 0 aromatic heterocycles. The van der Waals surface area contributed by atoms with Crippen LogP contribution in [0.1, 0.15) is 63.4 Å². The first kappa shape index (κ1) is 17.5. The fourth-order valence-corrected chi connectivity index (χ4v) is 4.95.